The van der Waals surface area contributed by atoms with Gasteiger partial charge in [0.25, 0.3) is 5.91 Å². The third kappa shape index (κ3) is 3.90. The van der Waals surface area contributed by atoms with Crippen molar-refractivity contribution in [2.45, 2.75) is 25.3 Å². The van der Waals surface area contributed by atoms with Gasteiger partial charge >= 0.3 is 0 Å². The summed E-state index contributed by atoms with van der Waals surface area (Å²) in [7, 11) is 0. The molecule has 5 rings (SSSR count). The van der Waals surface area contributed by atoms with Crippen LogP contribution in [0.5, 0.6) is 0 Å². The van der Waals surface area contributed by atoms with E-state index in [1.807, 2.05) is 4.40 Å². The third-order valence-corrected chi connectivity index (χ3v) is 6.07. The lowest BCUT2D eigenvalue weighted by Gasteiger charge is -2.24. The van der Waals surface area contributed by atoms with Crippen molar-refractivity contribution in [3.63, 3.8) is 0 Å². The number of hydrogen-bond donors (Lipinski definition) is 3. The molecule has 0 spiro atoms. The second-order valence-corrected chi connectivity index (χ2v) is 8.20. The monoisotopic (exact) mass is 465 g/mol. The number of nitrogens with zero attached hydrogens (tertiary/aromatic N) is 4. The summed E-state index contributed by atoms with van der Waals surface area (Å²) in [6.07, 6.45) is 6.35. The zero-order valence-electron chi connectivity index (χ0n) is 19.1. The Balaban J connectivity index is 1.57. The molecular weight excluding hydrogens is 442 g/mol. The molecule has 0 bridgehead atoms. The molecular formula is C26H23N7O2. The molecule has 1 aromatic carbocycles. The number of imidazole rings is 1. The van der Waals surface area contributed by atoms with E-state index in [-0.39, 0.29) is 11.7 Å². The summed E-state index contributed by atoms with van der Waals surface area (Å²) in [5.74, 6) is 6.20. The molecule has 1 aliphatic heterocycles. The van der Waals surface area contributed by atoms with Crippen LogP contribution in [0.25, 0.3) is 16.8 Å². The molecule has 4 heterocycles. The van der Waals surface area contributed by atoms with E-state index < -0.39 is 5.54 Å². The summed E-state index contributed by atoms with van der Waals surface area (Å²) < 4.78 is 1.81. The predicted octanol–water partition coefficient (Wildman–Crippen LogP) is 2.80. The largest absolute Gasteiger partial charge is 0.382 e. The van der Waals surface area contributed by atoms with Gasteiger partial charge in [-0.25, -0.2) is 15.0 Å². The highest BCUT2D eigenvalue weighted by Gasteiger charge is 2.46. The van der Waals surface area contributed by atoms with E-state index in [0.29, 0.717) is 47.2 Å². The van der Waals surface area contributed by atoms with E-state index in [1.165, 1.54) is 0 Å². The van der Waals surface area contributed by atoms with Crippen molar-refractivity contribution in [3.05, 3.63) is 72.4 Å². The van der Waals surface area contributed by atoms with Crippen molar-refractivity contribution in [2.75, 3.05) is 17.6 Å². The zero-order valence-corrected chi connectivity index (χ0v) is 19.1. The van der Waals surface area contributed by atoms with E-state index in [2.05, 4.69) is 32.4 Å². The highest BCUT2D eigenvalue weighted by molar-refractivity contribution is 6.05. The third-order valence-electron chi connectivity index (χ3n) is 6.07. The van der Waals surface area contributed by atoms with E-state index in [0.717, 1.165) is 12.0 Å². The lowest BCUT2D eigenvalue weighted by Crippen LogP contribution is -2.45. The van der Waals surface area contributed by atoms with Crippen LogP contribution in [0.1, 0.15) is 35.9 Å². The number of hydrogen-bond acceptors (Lipinski definition) is 7. The number of ketones is 1. The number of anilines is 2. The lowest BCUT2D eigenvalue weighted by atomic mass is 9.91. The van der Waals surface area contributed by atoms with Crippen molar-refractivity contribution >= 4 is 28.8 Å². The van der Waals surface area contributed by atoms with Crippen LogP contribution < -0.4 is 16.4 Å². The maximum atomic E-state index is 13.1. The van der Waals surface area contributed by atoms with Crippen molar-refractivity contribution in [1.82, 2.24) is 24.7 Å². The van der Waals surface area contributed by atoms with Crippen LogP contribution in [0.15, 0.2) is 61.1 Å². The van der Waals surface area contributed by atoms with Gasteiger partial charge in [-0.05, 0) is 56.5 Å². The van der Waals surface area contributed by atoms with Gasteiger partial charge in [0.1, 0.15) is 34.2 Å². The molecule has 9 nitrogen and oxygen atoms in total. The molecule has 174 valence electrons. The number of nitrogens with two attached hydrogens (primary N) is 1. The van der Waals surface area contributed by atoms with Crippen LogP contribution >= 0.6 is 0 Å². The maximum Gasteiger partial charge on any atom is 0.256 e. The van der Waals surface area contributed by atoms with Gasteiger partial charge < -0.3 is 11.1 Å². The number of aromatic nitrogens is 4. The summed E-state index contributed by atoms with van der Waals surface area (Å²) in [4.78, 5) is 39.0. The molecule has 4 N–H and O–H groups in total. The Labute approximate surface area is 201 Å². The number of nitrogens with one attached hydrogen (secondary N) is 2. The molecule has 1 atom stereocenters. The van der Waals surface area contributed by atoms with Crippen LogP contribution in [0, 0.1) is 11.8 Å². The standard InChI is InChI=1S/C26H23N7O2/c1-2-6-19(34)26(12-5-14-30-26)25-32-21(22-23(27)29-15-16-33(22)25)17-8-10-18(11-9-17)24(35)31-20-7-3-4-13-28-20/h3-4,7-11,13,15-16,30H,5,12,14H2,1H3,(H2,27,29)(H,28,31,35)/t26-/m1/s1. The molecule has 1 fully saturated rings. The summed E-state index contributed by atoms with van der Waals surface area (Å²) in [5, 5.41) is 6.11. The van der Waals surface area contributed by atoms with Gasteiger partial charge in [0, 0.05) is 29.7 Å². The van der Waals surface area contributed by atoms with E-state index >= 15 is 0 Å². The van der Waals surface area contributed by atoms with Gasteiger partial charge in [-0.2, -0.15) is 0 Å². The number of benzene rings is 1. The van der Waals surface area contributed by atoms with Crippen molar-refractivity contribution < 1.29 is 9.59 Å². The molecule has 0 aliphatic carbocycles. The van der Waals surface area contributed by atoms with Gasteiger partial charge in [-0.1, -0.05) is 24.1 Å². The van der Waals surface area contributed by atoms with Crippen molar-refractivity contribution in [1.29, 1.82) is 0 Å². The number of pyridine rings is 1. The smallest absolute Gasteiger partial charge is 0.256 e. The molecule has 1 aliphatic rings. The minimum atomic E-state index is -1.03. The summed E-state index contributed by atoms with van der Waals surface area (Å²) >= 11 is 0. The van der Waals surface area contributed by atoms with Gasteiger partial charge in [-0.3, -0.25) is 19.3 Å². The number of Topliss-reactive ketones (excluding diaryl/α,β-unsaturated/α-hetero) is 1. The zero-order chi connectivity index (χ0) is 24.4. The topological polar surface area (TPSA) is 127 Å². The Morgan fingerprint density at radius 1 is 1.14 bits per heavy atom. The maximum absolute atomic E-state index is 13.1. The van der Waals surface area contributed by atoms with Gasteiger partial charge in [0.15, 0.2) is 0 Å². The molecule has 0 radical (unpaired) electrons. The fourth-order valence-electron chi connectivity index (χ4n) is 4.42. The average molecular weight is 466 g/mol. The van der Waals surface area contributed by atoms with Crippen LogP contribution in [-0.2, 0) is 10.3 Å². The van der Waals surface area contributed by atoms with Crippen LogP contribution in [0.2, 0.25) is 0 Å². The molecule has 1 amide bonds. The number of carbonyl (C=O) groups is 2. The van der Waals surface area contributed by atoms with Crippen molar-refractivity contribution in [2.24, 2.45) is 0 Å². The Hall–Kier alpha value is -4.55. The number of fused-ring (bicyclic) bond motifs is 1. The summed E-state index contributed by atoms with van der Waals surface area (Å²) in [5.41, 5.74) is 7.63. The minimum absolute atomic E-state index is 0.229. The molecule has 1 saturated heterocycles. The Kier molecular flexibility index (Phi) is 5.73. The molecule has 4 aromatic rings. The van der Waals surface area contributed by atoms with Crippen LogP contribution in [0.3, 0.4) is 0 Å². The number of carbonyl (C=O) groups excluding carboxylic acids is 2. The first-order valence-electron chi connectivity index (χ1n) is 11.2. The summed E-state index contributed by atoms with van der Waals surface area (Å²) in [6.45, 7) is 2.32. The number of rotatable bonds is 5. The normalized spacial score (nSPS) is 17.1. The van der Waals surface area contributed by atoms with E-state index in [1.54, 1.807) is 68.0 Å². The Bertz CT molecular complexity index is 1480. The molecule has 35 heavy (non-hydrogen) atoms. The predicted molar refractivity (Wildman–Crippen MR) is 132 cm³/mol. The highest BCUT2D eigenvalue weighted by Crippen LogP contribution is 2.36. The van der Waals surface area contributed by atoms with Crippen LogP contribution in [-0.4, -0.2) is 37.6 Å². The van der Waals surface area contributed by atoms with Gasteiger partial charge in [0.05, 0.1) is 0 Å². The van der Waals surface area contributed by atoms with E-state index in [4.69, 9.17) is 10.7 Å². The van der Waals surface area contributed by atoms with Crippen molar-refractivity contribution in [3.8, 4) is 23.1 Å². The SMILES string of the molecule is CC#CC(=O)[C@@]1(c2nc(-c3ccc(C(=O)Nc4ccccn4)cc3)c3c(N)nccn23)CCCN1. The second-order valence-electron chi connectivity index (χ2n) is 8.20. The fraction of sp³-hybridized carbons (Fsp3) is 0.192. The highest BCUT2D eigenvalue weighted by atomic mass is 16.1. The first kappa shape index (κ1) is 22.3. The Morgan fingerprint density at radius 3 is 2.66 bits per heavy atom. The molecule has 9 heteroatoms. The quantitative estimate of drug-likeness (QED) is 0.305. The van der Waals surface area contributed by atoms with Gasteiger partial charge in [0.2, 0.25) is 5.78 Å². The molecule has 0 saturated carbocycles. The number of nitrogen functional groups attached to an aromatic ring is 1. The molecule has 3 aromatic heterocycles. The van der Waals surface area contributed by atoms with Gasteiger partial charge in [-0.15, -0.1) is 0 Å². The first-order valence-corrected chi connectivity index (χ1v) is 11.2. The summed E-state index contributed by atoms with van der Waals surface area (Å²) in [6, 6.07) is 12.3. The second kappa shape index (κ2) is 9.00. The van der Waals surface area contributed by atoms with E-state index in [9.17, 15) is 9.59 Å². The Morgan fingerprint density at radius 2 is 1.97 bits per heavy atom. The average Bonchev–Trinajstić information content (AvgIpc) is 3.52. The van der Waals surface area contributed by atoms with Crippen LogP contribution in [0.4, 0.5) is 11.6 Å². The molecule has 0 unspecified atom stereocenters. The fourth-order valence-corrected chi connectivity index (χ4v) is 4.42. The number of amides is 1. The minimum Gasteiger partial charge on any atom is -0.382 e. The first-order chi connectivity index (χ1) is 17.0. The lowest BCUT2D eigenvalue weighted by molar-refractivity contribution is -0.120.